The van der Waals surface area contributed by atoms with Crippen LogP contribution in [0.5, 0.6) is 0 Å². The molecular formula is C26H26Cl2F3N3O2S2. The number of nitrogens with zero attached hydrogens (tertiary/aromatic N) is 1. The van der Waals surface area contributed by atoms with Crippen LogP contribution in [0.15, 0.2) is 53.4 Å². The van der Waals surface area contributed by atoms with Crippen molar-refractivity contribution in [2.24, 2.45) is 5.92 Å². The molecule has 38 heavy (non-hydrogen) atoms. The summed E-state index contributed by atoms with van der Waals surface area (Å²) in [5, 5.41) is 3.87. The Bertz CT molecular complexity index is 1540. The maximum absolute atomic E-state index is 12.9. The molecule has 0 aliphatic heterocycles. The van der Waals surface area contributed by atoms with Crippen LogP contribution in [0.4, 0.5) is 29.7 Å². The SMILES string of the molecule is CC(C)C.Cc1ccc2nc(Nc3c(Cl)cc(NS(=O)(=O)c4ccc(C(F)(F)F)cc4C)cc3Cl)sc2c1. The van der Waals surface area contributed by atoms with E-state index in [4.69, 9.17) is 23.2 Å². The Hall–Kier alpha value is -2.53. The van der Waals surface area contributed by atoms with Crippen molar-refractivity contribution in [2.45, 2.75) is 45.7 Å². The van der Waals surface area contributed by atoms with Crippen molar-refractivity contribution in [2.75, 3.05) is 10.0 Å². The Morgan fingerprint density at radius 2 is 1.55 bits per heavy atom. The second kappa shape index (κ2) is 11.7. The first-order valence-electron chi connectivity index (χ1n) is 11.4. The van der Waals surface area contributed by atoms with Crippen molar-refractivity contribution in [1.82, 2.24) is 4.98 Å². The third-order valence-electron chi connectivity index (χ3n) is 4.86. The fourth-order valence-electron chi connectivity index (χ4n) is 3.28. The van der Waals surface area contributed by atoms with Gasteiger partial charge in [-0.25, -0.2) is 13.4 Å². The summed E-state index contributed by atoms with van der Waals surface area (Å²) in [6.45, 7) is 9.77. The fourth-order valence-corrected chi connectivity index (χ4v) is 6.10. The van der Waals surface area contributed by atoms with Crippen molar-refractivity contribution < 1.29 is 21.6 Å². The van der Waals surface area contributed by atoms with Gasteiger partial charge in [0.2, 0.25) is 0 Å². The largest absolute Gasteiger partial charge is 0.416 e. The van der Waals surface area contributed by atoms with Crippen LogP contribution in [0.1, 0.15) is 37.5 Å². The number of nitrogens with one attached hydrogen (secondary N) is 2. The number of aryl methyl sites for hydroxylation is 2. The highest BCUT2D eigenvalue weighted by molar-refractivity contribution is 7.92. The predicted octanol–water partition coefficient (Wildman–Crippen LogP) is 9.45. The molecule has 0 saturated heterocycles. The minimum absolute atomic E-state index is 0.0520. The zero-order valence-corrected chi connectivity index (χ0v) is 24.3. The van der Waals surface area contributed by atoms with Crippen LogP contribution in [0.25, 0.3) is 10.2 Å². The fraction of sp³-hybridized carbons (Fsp3) is 0.269. The molecular weight excluding hydrogens is 578 g/mol. The van der Waals surface area contributed by atoms with Gasteiger partial charge in [-0.05, 0) is 73.4 Å². The normalized spacial score (nSPS) is 11.9. The number of thiazole rings is 1. The van der Waals surface area contributed by atoms with Gasteiger partial charge in [0.15, 0.2) is 5.13 Å². The van der Waals surface area contributed by atoms with Crippen molar-refractivity contribution in [3.05, 3.63) is 75.3 Å². The lowest BCUT2D eigenvalue weighted by molar-refractivity contribution is -0.137. The first-order chi connectivity index (χ1) is 17.6. The minimum atomic E-state index is -4.58. The van der Waals surface area contributed by atoms with Gasteiger partial charge < -0.3 is 5.32 Å². The number of benzene rings is 3. The van der Waals surface area contributed by atoms with E-state index in [1.807, 2.05) is 25.1 Å². The van der Waals surface area contributed by atoms with E-state index < -0.39 is 21.8 Å². The molecule has 0 bridgehead atoms. The molecule has 0 saturated carbocycles. The van der Waals surface area contributed by atoms with Gasteiger partial charge in [-0.1, -0.05) is 61.4 Å². The summed E-state index contributed by atoms with van der Waals surface area (Å²) in [5.74, 6) is 0.833. The van der Waals surface area contributed by atoms with Gasteiger partial charge in [-0.15, -0.1) is 0 Å². The summed E-state index contributed by atoms with van der Waals surface area (Å²) in [7, 11) is -4.20. The average molecular weight is 605 g/mol. The second-order valence-corrected chi connectivity index (χ2v) is 12.7. The number of fused-ring (bicyclic) bond motifs is 1. The van der Waals surface area contributed by atoms with Crippen LogP contribution in [-0.4, -0.2) is 13.4 Å². The molecule has 0 spiro atoms. The molecule has 0 unspecified atom stereocenters. The Morgan fingerprint density at radius 1 is 0.947 bits per heavy atom. The van der Waals surface area contributed by atoms with Crippen LogP contribution in [0, 0.1) is 19.8 Å². The third-order valence-corrected chi connectivity index (χ3v) is 7.93. The summed E-state index contributed by atoms with van der Waals surface area (Å²) < 4.78 is 67.6. The number of rotatable bonds is 5. The topological polar surface area (TPSA) is 71.1 Å². The standard InChI is InChI=1S/C22H16Cl2F3N3O2S2.C4H10/c1-11-3-5-17-18(7-11)33-21(28-17)29-20-15(23)9-14(10-16(20)24)30-34(31,32)19-6-4-13(8-12(19)2)22(25,26)27;1-4(2)3/h3-10,30H,1-2H3,(H,28,29);4H,1-3H3. The quantitative estimate of drug-likeness (QED) is 0.238. The van der Waals surface area contributed by atoms with E-state index in [0.29, 0.717) is 16.9 Å². The Labute approximate surface area is 234 Å². The molecule has 0 aliphatic carbocycles. The zero-order valence-electron chi connectivity index (χ0n) is 21.2. The van der Waals surface area contributed by atoms with Crippen LogP contribution in [-0.2, 0) is 16.2 Å². The van der Waals surface area contributed by atoms with Crippen LogP contribution in [0.2, 0.25) is 10.0 Å². The molecule has 4 aromatic rings. The molecule has 204 valence electrons. The molecule has 4 rings (SSSR count). The molecule has 0 radical (unpaired) electrons. The number of aromatic nitrogens is 1. The number of halogens is 5. The van der Waals surface area contributed by atoms with Gasteiger partial charge in [0, 0.05) is 0 Å². The molecule has 0 amide bonds. The zero-order chi connectivity index (χ0) is 28.4. The Kier molecular flexibility index (Phi) is 9.24. The third kappa shape index (κ3) is 7.53. The predicted molar refractivity (Wildman–Crippen MR) is 152 cm³/mol. The van der Waals surface area contributed by atoms with Crippen molar-refractivity contribution in [1.29, 1.82) is 0 Å². The van der Waals surface area contributed by atoms with Crippen molar-refractivity contribution in [3.63, 3.8) is 0 Å². The smallest absolute Gasteiger partial charge is 0.329 e. The summed E-state index contributed by atoms with van der Waals surface area (Å²) in [6, 6.07) is 11.0. The van der Waals surface area contributed by atoms with Crippen LogP contribution >= 0.6 is 34.5 Å². The van der Waals surface area contributed by atoms with Crippen molar-refractivity contribution >= 4 is 71.3 Å². The summed E-state index contributed by atoms with van der Waals surface area (Å²) in [5.41, 5.74) is 1.31. The van der Waals surface area contributed by atoms with E-state index >= 15 is 0 Å². The number of alkyl halides is 3. The molecule has 2 N–H and O–H groups in total. The molecule has 12 heteroatoms. The molecule has 0 atom stereocenters. The minimum Gasteiger partial charge on any atom is -0.329 e. The average Bonchev–Trinajstić information content (AvgIpc) is 3.16. The van der Waals surface area contributed by atoms with Gasteiger partial charge in [0.05, 0.1) is 42.1 Å². The van der Waals surface area contributed by atoms with Gasteiger partial charge in [-0.3, -0.25) is 4.72 Å². The van der Waals surface area contributed by atoms with Gasteiger partial charge >= 0.3 is 6.18 Å². The number of hydrogen-bond donors (Lipinski definition) is 2. The lowest BCUT2D eigenvalue weighted by atomic mass is 10.1. The maximum atomic E-state index is 12.9. The summed E-state index contributed by atoms with van der Waals surface area (Å²) >= 11 is 14.1. The highest BCUT2D eigenvalue weighted by Crippen LogP contribution is 2.39. The van der Waals surface area contributed by atoms with Gasteiger partial charge in [-0.2, -0.15) is 13.2 Å². The molecule has 5 nitrogen and oxygen atoms in total. The molecule has 0 aliphatic rings. The molecule has 3 aromatic carbocycles. The van der Waals surface area contributed by atoms with E-state index in [2.05, 4.69) is 35.8 Å². The van der Waals surface area contributed by atoms with E-state index in [0.717, 1.165) is 33.8 Å². The Balaban J connectivity index is 0.000000934. The lowest BCUT2D eigenvalue weighted by Gasteiger charge is -2.15. The Morgan fingerprint density at radius 3 is 2.11 bits per heavy atom. The summed E-state index contributed by atoms with van der Waals surface area (Å²) in [4.78, 5) is 4.19. The van der Waals surface area contributed by atoms with E-state index in [-0.39, 0.29) is 26.2 Å². The lowest BCUT2D eigenvalue weighted by Crippen LogP contribution is -2.15. The maximum Gasteiger partial charge on any atom is 0.416 e. The van der Waals surface area contributed by atoms with Crippen LogP contribution in [0.3, 0.4) is 0 Å². The molecule has 0 fully saturated rings. The van der Waals surface area contributed by atoms with Gasteiger partial charge in [0.25, 0.3) is 10.0 Å². The van der Waals surface area contributed by atoms with E-state index in [9.17, 15) is 21.6 Å². The number of sulfonamides is 1. The van der Waals surface area contributed by atoms with Crippen LogP contribution < -0.4 is 10.0 Å². The van der Waals surface area contributed by atoms with E-state index in [1.165, 1.54) is 30.4 Å². The van der Waals surface area contributed by atoms with Gasteiger partial charge in [0.1, 0.15) is 0 Å². The number of hydrogen-bond acceptors (Lipinski definition) is 5. The van der Waals surface area contributed by atoms with Crippen molar-refractivity contribution in [3.8, 4) is 0 Å². The highest BCUT2D eigenvalue weighted by atomic mass is 35.5. The first-order valence-corrected chi connectivity index (χ1v) is 14.5. The molecule has 1 aromatic heterocycles. The monoisotopic (exact) mass is 603 g/mol. The molecule has 1 heterocycles. The van der Waals surface area contributed by atoms with E-state index in [1.54, 1.807) is 0 Å². The first kappa shape index (κ1) is 30.0. The summed E-state index contributed by atoms with van der Waals surface area (Å²) in [6.07, 6.45) is -4.58. The number of anilines is 3. The second-order valence-electron chi connectivity index (χ2n) is 9.25. The highest BCUT2D eigenvalue weighted by Gasteiger charge is 2.31.